The summed E-state index contributed by atoms with van der Waals surface area (Å²) < 4.78 is 23.9. The van der Waals surface area contributed by atoms with Crippen molar-refractivity contribution in [3.05, 3.63) is 35.8 Å². The molecule has 0 spiro atoms. The number of ether oxygens (including phenoxy) is 2. The third-order valence-electron chi connectivity index (χ3n) is 4.12. The largest absolute Gasteiger partial charge is 0.462 e. The Morgan fingerprint density at radius 1 is 1.50 bits per heavy atom. The predicted molar refractivity (Wildman–Crippen MR) is 86.5 cm³/mol. The Morgan fingerprint density at radius 2 is 2.29 bits per heavy atom. The van der Waals surface area contributed by atoms with Gasteiger partial charge in [0.05, 0.1) is 43.0 Å². The van der Waals surface area contributed by atoms with Crippen LogP contribution in [-0.4, -0.2) is 49.0 Å². The number of carbonyl (C=O) groups excluding carboxylic acids is 1. The minimum Gasteiger partial charge on any atom is -0.462 e. The molecule has 0 radical (unpaired) electrons. The second kappa shape index (κ2) is 6.70. The molecule has 0 bridgehead atoms. The van der Waals surface area contributed by atoms with Gasteiger partial charge in [0.15, 0.2) is 0 Å². The van der Waals surface area contributed by atoms with Gasteiger partial charge in [-0.25, -0.2) is 9.18 Å². The normalized spacial score (nSPS) is 15.8. The Labute approximate surface area is 138 Å². The van der Waals surface area contributed by atoms with Crippen molar-refractivity contribution in [2.24, 2.45) is 5.41 Å². The summed E-state index contributed by atoms with van der Waals surface area (Å²) in [7, 11) is 0. The number of aliphatic hydroxyl groups is 1. The van der Waals surface area contributed by atoms with Gasteiger partial charge in [-0.2, -0.15) is 0 Å². The minimum atomic E-state index is -0.526. The highest BCUT2D eigenvalue weighted by molar-refractivity contribution is 6.04. The fourth-order valence-electron chi connectivity index (χ4n) is 2.63. The summed E-state index contributed by atoms with van der Waals surface area (Å²) in [6, 6.07) is 4.20. The fraction of sp³-hybridized carbons (Fsp3) is 0.412. The lowest BCUT2D eigenvalue weighted by molar-refractivity contribution is -0.128. The molecule has 7 heteroatoms. The molecule has 0 aliphatic carbocycles. The van der Waals surface area contributed by atoms with Gasteiger partial charge in [-0.3, -0.25) is 4.98 Å². The van der Waals surface area contributed by atoms with Gasteiger partial charge in [-0.1, -0.05) is 0 Å². The molecule has 2 aromatic rings. The molecule has 0 unspecified atom stereocenters. The number of hydrogen-bond donors (Lipinski definition) is 2. The second-order valence-electron chi connectivity index (χ2n) is 5.93. The molecule has 2 heterocycles. The maximum Gasteiger partial charge on any atom is 0.341 e. The van der Waals surface area contributed by atoms with E-state index in [0.29, 0.717) is 36.3 Å². The summed E-state index contributed by atoms with van der Waals surface area (Å²) in [5.41, 5.74) is 0.866. The van der Waals surface area contributed by atoms with Crippen molar-refractivity contribution >= 4 is 22.6 Å². The lowest BCUT2D eigenvalue weighted by Gasteiger charge is -2.40. The molecule has 1 aromatic heterocycles. The number of rotatable bonds is 6. The third kappa shape index (κ3) is 3.05. The van der Waals surface area contributed by atoms with E-state index in [1.807, 2.05) is 0 Å². The van der Waals surface area contributed by atoms with Gasteiger partial charge in [0.2, 0.25) is 0 Å². The van der Waals surface area contributed by atoms with Crippen LogP contribution in [0.15, 0.2) is 24.4 Å². The highest BCUT2D eigenvalue weighted by Gasteiger charge is 2.38. The van der Waals surface area contributed by atoms with Crippen LogP contribution < -0.4 is 5.32 Å². The van der Waals surface area contributed by atoms with Gasteiger partial charge < -0.3 is 19.9 Å². The number of hydrogen-bond acceptors (Lipinski definition) is 6. The fourth-order valence-corrected chi connectivity index (χ4v) is 2.63. The maximum absolute atomic E-state index is 13.7. The average molecular weight is 334 g/mol. The van der Waals surface area contributed by atoms with Crippen LogP contribution in [0.2, 0.25) is 0 Å². The van der Waals surface area contributed by atoms with Crippen LogP contribution in [-0.2, 0) is 9.47 Å². The minimum absolute atomic E-state index is 0.0356. The summed E-state index contributed by atoms with van der Waals surface area (Å²) >= 11 is 0. The van der Waals surface area contributed by atoms with E-state index >= 15 is 0 Å². The zero-order valence-corrected chi connectivity index (χ0v) is 13.3. The number of anilines is 1. The van der Waals surface area contributed by atoms with E-state index in [1.54, 1.807) is 13.0 Å². The molecule has 3 rings (SSSR count). The summed E-state index contributed by atoms with van der Waals surface area (Å²) in [4.78, 5) is 16.4. The van der Waals surface area contributed by atoms with E-state index in [9.17, 15) is 14.3 Å². The number of aromatic nitrogens is 1. The van der Waals surface area contributed by atoms with E-state index in [4.69, 9.17) is 9.47 Å². The number of nitrogens with zero attached hydrogens (tertiary/aromatic N) is 1. The topological polar surface area (TPSA) is 80.7 Å². The first kappa shape index (κ1) is 16.6. The van der Waals surface area contributed by atoms with Crippen LogP contribution in [0.3, 0.4) is 0 Å². The quantitative estimate of drug-likeness (QED) is 0.786. The number of carbonyl (C=O) groups is 1. The van der Waals surface area contributed by atoms with Crippen LogP contribution in [0.4, 0.5) is 10.1 Å². The SMILES string of the molecule is CCOC(=O)c1cnc2ccc(F)cc2c1NCC1(CO)COC1. The molecule has 1 aromatic carbocycles. The van der Waals surface area contributed by atoms with Crippen molar-refractivity contribution < 1.29 is 23.8 Å². The Kier molecular flexibility index (Phi) is 4.64. The molecule has 0 atom stereocenters. The third-order valence-corrected chi connectivity index (χ3v) is 4.12. The van der Waals surface area contributed by atoms with E-state index in [0.717, 1.165) is 0 Å². The Bertz CT molecular complexity index is 756. The molecule has 0 amide bonds. The van der Waals surface area contributed by atoms with Crippen LogP contribution >= 0.6 is 0 Å². The van der Waals surface area contributed by atoms with Crippen molar-refractivity contribution in [2.45, 2.75) is 6.92 Å². The Morgan fingerprint density at radius 3 is 2.92 bits per heavy atom. The highest BCUT2D eigenvalue weighted by atomic mass is 19.1. The maximum atomic E-state index is 13.7. The van der Waals surface area contributed by atoms with Crippen molar-refractivity contribution in [2.75, 3.05) is 38.3 Å². The van der Waals surface area contributed by atoms with Crippen LogP contribution in [0.1, 0.15) is 17.3 Å². The Hall–Kier alpha value is -2.25. The molecule has 128 valence electrons. The van der Waals surface area contributed by atoms with E-state index in [2.05, 4.69) is 10.3 Å². The standard InChI is InChI=1S/C17H19FN2O4/c1-2-24-16(22)13-6-19-14-4-3-11(18)5-12(14)15(13)20-7-17(8-21)9-23-10-17/h3-6,21H,2,7-10H2,1H3,(H,19,20). The lowest BCUT2D eigenvalue weighted by Crippen LogP contribution is -2.50. The first-order chi connectivity index (χ1) is 11.6. The first-order valence-electron chi connectivity index (χ1n) is 7.76. The number of halogens is 1. The zero-order chi connectivity index (χ0) is 17.2. The van der Waals surface area contributed by atoms with Crippen molar-refractivity contribution in [3.8, 4) is 0 Å². The zero-order valence-electron chi connectivity index (χ0n) is 13.3. The number of aliphatic hydroxyl groups excluding tert-OH is 1. The number of esters is 1. The van der Waals surface area contributed by atoms with Crippen LogP contribution in [0.5, 0.6) is 0 Å². The first-order valence-corrected chi connectivity index (χ1v) is 7.76. The Balaban J connectivity index is 2.01. The van der Waals surface area contributed by atoms with Crippen molar-refractivity contribution in [3.63, 3.8) is 0 Å². The number of benzene rings is 1. The van der Waals surface area contributed by atoms with Crippen LogP contribution in [0, 0.1) is 11.2 Å². The molecule has 1 aliphatic heterocycles. The molecule has 1 saturated heterocycles. The highest BCUT2D eigenvalue weighted by Crippen LogP contribution is 2.31. The molecule has 2 N–H and O–H groups in total. The number of fused-ring (bicyclic) bond motifs is 1. The van der Waals surface area contributed by atoms with Gasteiger partial charge in [0, 0.05) is 18.1 Å². The molecular weight excluding hydrogens is 315 g/mol. The molecule has 24 heavy (non-hydrogen) atoms. The summed E-state index contributed by atoms with van der Waals surface area (Å²) in [5, 5.41) is 13.2. The average Bonchev–Trinajstić information content (AvgIpc) is 2.54. The molecular formula is C17H19FN2O4. The van der Waals surface area contributed by atoms with Gasteiger partial charge in [0.25, 0.3) is 0 Å². The summed E-state index contributed by atoms with van der Waals surface area (Å²) in [6.07, 6.45) is 1.42. The van der Waals surface area contributed by atoms with Gasteiger partial charge in [0.1, 0.15) is 11.4 Å². The lowest BCUT2D eigenvalue weighted by atomic mass is 9.87. The van der Waals surface area contributed by atoms with E-state index in [1.165, 1.54) is 18.3 Å². The molecule has 6 nitrogen and oxygen atoms in total. The van der Waals surface area contributed by atoms with Crippen molar-refractivity contribution in [1.82, 2.24) is 4.98 Å². The van der Waals surface area contributed by atoms with Crippen molar-refractivity contribution in [1.29, 1.82) is 0 Å². The summed E-state index contributed by atoms with van der Waals surface area (Å²) in [6.45, 7) is 3.17. The van der Waals surface area contributed by atoms with E-state index < -0.39 is 17.2 Å². The van der Waals surface area contributed by atoms with E-state index in [-0.39, 0.29) is 18.8 Å². The van der Waals surface area contributed by atoms with Crippen LogP contribution in [0.25, 0.3) is 10.9 Å². The number of nitrogens with one attached hydrogen (secondary N) is 1. The molecule has 0 saturated carbocycles. The van der Waals surface area contributed by atoms with Gasteiger partial charge >= 0.3 is 5.97 Å². The summed E-state index contributed by atoms with van der Waals surface area (Å²) in [5.74, 6) is -0.946. The monoisotopic (exact) mass is 334 g/mol. The predicted octanol–water partition coefficient (Wildman–Crippen LogP) is 1.97. The molecule has 1 aliphatic rings. The molecule has 1 fully saturated rings. The number of pyridine rings is 1. The van der Waals surface area contributed by atoms with Gasteiger partial charge in [-0.15, -0.1) is 0 Å². The van der Waals surface area contributed by atoms with Gasteiger partial charge in [-0.05, 0) is 25.1 Å². The smallest absolute Gasteiger partial charge is 0.341 e. The second-order valence-corrected chi connectivity index (χ2v) is 5.93.